The zero-order chi connectivity index (χ0) is 13.4. The van der Waals surface area contributed by atoms with Gasteiger partial charge in [-0.3, -0.25) is 4.79 Å². The summed E-state index contributed by atoms with van der Waals surface area (Å²) in [7, 11) is 0. The first kappa shape index (κ1) is 11.8. The van der Waals surface area contributed by atoms with E-state index in [1.54, 1.807) is 6.07 Å². The number of hydrogen-bond acceptors (Lipinski definition) is 3. The van der Waals surface area contributed by atoms with E-state index in [-0.39, 0.29) is 21.6 Å². The Morgan fingerprint density at radius 1 is 1.05 bits per heavy atom. The molecule has 3 rings (SSSR count). The predicted octanol–water partition coefficient (Wildman–Crippen LogP) is 3.82. The molecule has 19 heavy (non-hydrogen) atoms. The van der Waals surface area contributed by atoms with Crippen LogP contribution < -0.4 is 5.43 Å². The maximum absolute atomic E-state index is 12.2. The highest BCUT2D eigenvalue weighted by Gasteiger charge is 2.14. The summed E-state index contributed by atoms with van der Waals surface area (Å²) < 4.78 is 5.67. The van der Waals surface area contributed by atoms with Crippen molar-refractivity contribution in [3.05, 3.63) is 63.8 Å². The first-order chi connectivity index (χ1) is 9.16. The molecule has 0 unspecified atom stereocenters. The van der Waals surface area contributed by atoms with Crippen LogP contribution in [0.1, 0.15) is 0 Å². The molecular weight excluding hydrogens is 264 g/mol. The Bertz CT molecular complexity index is 807. The average molecular weight is 273 g/mol. The van der Waals surface area contributed by atoms with Gasteiger partial charge in [0.15, 0.2) is 5.76 Å². The topological polar surface area (TPSA) is 50.4 Å². The summed E-state index contributed by atoms with van der Waals surface area (Å²) in [6, 6.07) is 13.5. The summed E-state index contributed by atoms with van der Waals surface area (Å²) in [5.41, 5.74) is 0.781. The van der Waals surface area contributed by atoms with Gasteiger partial charge in [0.1, 0.15) is 16.4 Å². The van der Waals surface area contributed by atoms with Gasteiger partial charge in [-0.05, 0) is 18.2 Å². The normalized spacial score (nSPS) is 10.8. The first-order valence-corrected chi connectivity index (χ1v) is 6.05. The molecule has 3 aromatic rings. The highest BCUT2D eigenvalue weighted by molar-refractivity contribution is 6.33. The molecular formula is C15H9ClO3. The fourth-order valence-electron chi connectivity index (χ4n) is 1.94. The molecule has 1 N–H and O–H groups in total. The van der Waals surface area contributed by atoms with Gasteiger partial charge in [0.25, 0.3) is 0 Å². The van der Waals surface area contributed by atoms with Gasteiger partial charge >= 0.3 is 0 Å². The number of aromatic hydroxyl groups is 1. The van der Waals surface area contributed by atoms with E-state index in [4.69, 9.17) is 16.0 Å². The van der Waals surface area contributed by atoms with Crippen LogP contribution in [0.2, 0.25) is 5.02 Å². The maximum atomic E-state index is 12.2. The minimum atomic E-state index is -0.349. The van der Waals surface area contributed by atoms with E-state index in [0.29, 0.717) is 11.3 Å². The highest BCUT2D eigenvalue weighted by Crippen LogP contribution is 2.29. The van der Waals surface area contributed by atoms with Gasteiger partial charge in [0, 0.05) is 5.56 Å². The van der Waals surface area contributed by atoms with E-state index in [1.165, 1.54) is 12.1 Å². The van der Waals surface area contributed by atoms with Crippen LogP contribution in [-0.4, -0.2) is 5.11 Å². The minimum absolute atomic E-state index is 0.00308. The molecule has 0 aliphatic rings. The van der Waals surface area contributed by atoms with Gasteiger partial charge in [-0.2, -0.15) is 0 Å². The van der Waals surface area contributed by atoms with Gasteiger partial charge in [0.2, 0.25) is 5.43 Å². The Morgan fingerprint density at radius 3 is 2.53 bits per heavy atom. The summed E-state index contributed by atoms with van der Waals surface area (Å²) in [5, 5.41) is 9.69. The third-order valence-corrected chi connectivity index (χ3v) is 3.20. The molecule has 94 valence electrons. The Balaban J connectivity index is 2.37. The molecule has 1 aromatic heterocycles. The van der Waals surface area contributed by atoms with Gasteiger partial charge in [-0.1, -0.05) is 41.9 Å². The van der Waals surface area contributed by atoms with Gasteiger partial charge in [0.05, 0.1) is 5.39 Å². The second-order valence-electron chi connectivity index (χ2n) is 4.12. The summed E-state index contributed by atoms with van der Waals surface area (Å²) >= 11 is 6.07. The van der Waals surface area contributed by atoms with Crippen molar-refractivity contribution in [2.24, 2.45) is 0 Å². The minimum Gasteiger partial charge on any atom is -0.508 e. The Morgan fingerprint density at radius 2 is 1.79 bits per heavy atom. The smallest absolute Gasteiger partial charge is 0.212 e. The Hall–Kier alpha value is -2.26. The van der Waals surface area contributed by atoms with E-state index in [9.17, 15) is 9.90 Å². The van der Waals surface area contributed by atoms with E-state index >= 15 is 0 Å². The zero-order valence-electron chi connectivity index (χ0n) is 9.76. The first-order valence-electron chi connectivity index (χ1n) is 5.67. The van der Waals surface area contributed by atoms with Gasteiger partial charge in [-0.15, -0.1) is 0 Å². The molecule has 0 saturated carbocycles. The molecule has 0 fully saturated rings. The van der Waals surface area contributed by atoms with Gasteiger partial charge < -0.3 is 9.52 Å². The van der Waals surface area contributed by atoms with Crippen molar-refractivity contribution >= 4 is 22.6 Å². The Labute approximate surface area is 113 Å². The second kappa shape index (κ2) is 4.44. The molecule has 2 aromatic carbocycles. The fraction of sp³-hybridized carbons (Fsp3) is 0. The SMILES string of the molecule is O=c1c(Cl)c(-c2ccccc2)oc2ccc(O)cc12. The van der Waals surface area contributed by atoms with Gasteiger partial charge in [-0.25, -0.2) is 0 Å². The molecule has 1 heterocycles. The van der Waals surface area contributed by atoms with Crippen LogP contribution in [0.3, 0.4) is 0 Å². The lowest BCUT2D eigenvalue weighted by Crippen LogP contribution is -2.03. The molecule has 3 nitrogen and oxygen atoms in total. The average Bonchev–Trinajstić information content (AvgIpc) is 2.44. The third kappa shape index (κ3) is 1.98. The number of benzene rings is 2. The third-order valence-electron chi connectivity index (χ3n) is 2.85. The van der Waals surface area contributed by atoms with Crippen LogP contribution in [0, 0.1) is 0 Å². The van der Waals surface area contributed by atoms with Crippen molar-refractivity contribution < 1.29 is 9.52 Å². The van der Waals surface area contributed by atoms with Crippen LogP contribution in [0.15, 0.2) is 57.7 Å². The molecule has 0 atom stereocenters. The van der Waals surface area contributed by atoms with Crippen molar-refractivity contribution in [3.63, 3.8) is 0 Å². The van der Waals surface area contributed by atoms with E-state index < -0.39 is 0 Å². The molecule has 0 aliphatic carbocycles. The highest BCUT2D eigenvalue weighted by atomic mass is 35.5. The van der Waals surface area contributed by atoms with Crippen molar-refractivity contribution in [1.82, 2.24) is 0 Å². The summed E-state index contributed by atoms with van der Waals surface area (Å²) in [6.45, 7) is 0. The molecule has 0 amide bonds. The number of rotatable bonds is 1. The lowest BCUT2D eigenvalue weighted by Gasteiger charge is -2.05. The standard InChI is InChI=1S/C15H9ClO3/c16-13-14(18)11-8-10(17)6-7-12(11)19-15(13)9-4-2-1-3-5-9/h1-8,17H. The fourth-order valence-corrected chi connectivity index (χ4v) is 2.19. The molecule has 4 heteroatoms. The van der Waals surface area contributed by atoms with Crippen molar-refractivity contribution in [2.75, 3.05) is 0 Å². The second-order valence-corrected chi connectivity index (χ2v) is 4.50. The molecule has 0 aliphatic heterocycles. The maximum Gasteiger partial charge on any atom is 0.212 e. The van der Waals surface area contributed by atoms with Crippen LogP contribution in [0.25, 0.3) is 22.3 Å². The summed E-state index contributed by atoms with van der Waals surface area (Å²) in [6.07, 6.45) is 0. The van der Waals surface area contributed by atoms with Crippen molar-refractivity contribution in [1.29, 1.82) is 0 Å². The molecule has 0 saturated heterocycles. The molecule has 0 spiro atoms. The van der Waals surface area contributed by atoms with E-state index in [1.807, 2.05) is 30.3 Å². The number of fused-ring (bicyclic) bond motifs is 1. The van der Waals surface area contributed by atoms with E-state index in [0.717, 1.165) is 5.56 Å². The van der Waals surface area contributed by atoms with Crippen LogP contribution in [0.5, 0.6) is 5.75 Å². The van der Waals surface area contributed by atoms with E-state index in [2.05, 4.69) is 0 Å². The van der Waals surface area contributed by atoms with Crippen LogP contribution >= 0.6 is 11.6 Å². The number of hydrogen-bond donors (Lipinski definition) is 1. The molecule has 0 radical (unpaired) electrons. The number of phenols is 1. The van der Waals surface area contributed by atoms with Crippen LogP contribution in [-0.2, 0) is 0 Å². The number of halogens is 1. The molecule has 0 bridgehead atoms. The lowest BCUT2D eigenvalue weighted by atomic mass is 10.1. The van der Waals surface area contributed by atoms with Crippen molar-refractivity contribution in [3.8, 4) is 17.1 Å². The quantitative estimate of drug-likeness (QED) is 0.733. The summed E-state index contributed by atoms with van der Waals surface area (Å²) in [4.78, 5) is 12.2. The van der Waals surface area contributed by atoms with Crippen molar-refractivity contribution in [2.45, 2.75) is 0 Å². The zero-order valence-corrected chi connectivity index (χ0v) is 10.5. The Kier molecular flexibility index (Phi) is 2.76. The number of phenolic OH excluding ortho intramolecular Hbond substituents is 1. The lowest BCUT2D eigenvalue weighted by molar-refractivity contribution is 0.475. The predicted molar refractivity (Wildman–Crippen MR) is 74.6 cm³/mol. The monoisotopic (exact) mass is 272 g/mol. The largest absolute Gasteiger partial charge is 0.508 e. The van der Waals surface area contributed by atoms with Crippen LogP contribution in [0.4, 0.5) is 0 Å². The summed E-state index contributed by atoms with van der Waals surface area (Å²) in [5.74, 6) is 0.341.